The van der Waals surface area contributed by atoms with Crippen LogP contribution in [0.2, 0.25) is 5.02 Å². The lowest BCUT2D eigenvalue weighted by Crippen LogP contribution is -2.14. The molecule has 0 aromatic carbocycles. The minimum atomic E-state index is -3.93. The van der Waals surface area contributed by atoms with E-state index >= 15 is 0 Å². The number of sulfonamides is 1. The van der Waals surface area contributed by atoms with Crippen LogP contribution in [0.25, 0.3) is 0 Å². The summed E-state index contributed by atoms with van der Waals surface area (Å²) in [4.78, 5) is 0. The molecule has 0 fully saturated rings. The maximum absolute atomic E-state index is 11.0. The van der Waals surface area contributed by atoms with E-state index in [0.717, 1.165) is 0 Å². The number of rotatable bonds is 1. The Morgan fingerprint density at radius 2 is 1.93 bits per heavy atom. The van der Waals surface area contributed by atoms with Crippen molar-refractivity contribution in [1.29, 1.82) is 0 Å². The fraction of sp³-hybridized carbons (Fsp3) is 0.571. The molecule has 0 radical (unpaired) electrons. The topological polar surface area (TPSA) is 86.2 Å². The molecule has 1 aromatic heterocycles. The molecule has 0 amide bonds. The maximum atomic E-state index is 11.0. The fourth-order valence-corrected chi connectivity index (χ4v) is 2.07. The molecule has 0 spiro atoms. The first-order chi connectivity index (χ1) is 6.14. The molecule has 0 unspecified atom stereocenters. The number of hydrogen-bond acceptors (Lipinski definition) is 4. The van der Waals surface area contributed by atoms with Crippen LogP contribution in [-0.2, 0) is 15.4 Å². The molecule has 0 aliphatic rings. The Morgan fingerprint density at radius 1 is 1.43 bits per heavy atom. The van der Waals surface area contributed by atoms with Crippen LogP contribution >= 0.6 is 11.6 Å². The number of halogens is 1. The van der Waals surface area contributed by atoms with Gasteiger partial charge in [0, 0.05) is 5.41 Å². The third-order valence-corrected chi connectivity index (χ3v) is 2.83. The van der Waals surface area contributed by atoms with E-state index in [-0.39, 0.29) is 10.4 Å². The molecule has 1 heterocycles. The summed E-state index contributed by atoms with van der Waals surface area (Å²) in [6.45, 7) is 5.51. The Morgan fingerprint density at radius 3 is 2.14 bits per heavy atom. The molecule has 0 atom stereocenters. The van der Waals surface area contributed by atoms with E-state index in [1.165, 1.54) is 0 Å². The van der Waals surface area contributed by atoms with Gasteiger partial charge in [-0.1, -0.05) is 37.5 Å². The highest BCUT2D eigenvalue weighted by atomic mass is 35.5. The van der Waals surface area contributed by atoms with Gasteiger partial charge < -0.3 is 4.52 Å². The van der Waals surface area contributed by atoms with Crippen LogP contribution < -0.4 is 5.14 Å². The van der Waals surface area contributed by atoms with Crippen molar-refractivity contribution in [3.8, 4) is 0 Å². The predicted molar refractivity (Wildman–Crippen MR) is 51.6 cm³/mol. The smallest absolute Gasteiger partial charge is 0.284 e. The molecule has 14 heavy (non-hydrogen) atoms. The summed E-state index contributed by atoms with van der Waals surface area (Å²) < 4.78 is 26.5. The first kappa shape index (κ1) is 11.5. The van der Waals surface area contributed by atoms with Gasteiger partial charge in [0.2, 0.25) is 0 Å². The lowest BCUT2D eigenvalue weighted by atomic mass is 9.92. The van der Waals surface area contributed by atoms with Crippen LogP contribution in [0.15, 0.2) is 9.62 Å². The molecular formula is C7H11ClN2O3S. The number of hydrogen-bond donors (Lipinski definition) is 1. The average molecular weight is 239 g/mol. The van der Waals surface area contributed by atoms with Gasteiger partial charge in [-0.05, 0) is 0 Å². The Balaban J connectivity index is 3.37. The van der Waals surface area contributed by atoms with Crippen LogP contribution in [0, 0.1) is 0 Å². The van der Waals surface area contributed by atoms with Crippen molar-refractivity contribution < 1.29 is 12.9 Å². The molecule has 0 aliphatic heterocycles. The van der Waals surface area contributed by atoms with Crippen LogP contribution in [-0.4, -0.2) is 13.6 Å². The fourth-order valence-electron chi connectivity index (χ4n) is 0.907. The van der Waals surface area contributed by atoms with Gasteiger partial charge in [0.05, 0.1) is 0 Å². The van der Waals surface area contributed by atoms with E-state index in [0.29, 0.717) is 5.69 Å². The van der Waals surface area contributed by atoms with Crippen molar-refractivity contribution in [3.63, 3.8) is 0 Å². The van der Waals surface area contributed by atoms with Crippen LogP contribution in [0.5, 0.6) is 0 Å². The van der Waals surface area contributed by atoms with Gasteiger partial charge in [0.25, 0.3) is 15.1 Å². The molecule has 2 N–H and O–H groups in total. The zero-order valence-corrected chi connectivity index (χ0v) is 9.61. The van der Waals surface area contributed by atoms with Crippen molar-refractivity contribution in [2.45, 2.75) is 31.3 Å². The molecule has 0 saturated heterocycles. The quantitative estimate of drug-likeness (QED) is 0.798. The summed E-state index contributed by atoms with van der Waals surface area (Å²) in [7, 11) is -3.93. The molecule has 7 heteroatoms. The Bertz CT molecular complexity index is 444. The van der Waals surface area contributed by atoms with Gasteiger partial charge in [0.1, 0.15) is 10.7 Å². The third-order valence-electron chi connectivity index (χ3n) is 1.58. The average Bonchev–Trinajstić information content (AvgIpc) is 2.26. The molecule has 1 rings (SSSR count). The highest BCUT2D eigenvalue weighted by Crippen LogP contribution is 2.32. The zero-order chi connectivity index (χ0) is 11.1. The lowest BCUT2D eigenvalue weighted by Gasteiger charge is -2.13. The summed E-state index contributed by atoms with van der Waals surface area (Å²) in [5.74, 6) is 0. The monoisotopic (exact) mass is 238 g/mol. The first-order valence-corrected chi connectivity index (χ1v) is 5.75. The van der Waals surface area contributed by atoms with Gasteiger partial charge in [0.15, 0.2) is 0 Å². The summed E-state index contributed by atoms with van der Waals surface area (Å²) in [6, 6.07) is 0. The van der Waals surface area contributed by atoms with Gasteiger partial charge in [-0.25, -0.2) is 13.6 Å². The number of nitrogens with zero attached hydrogens (tertiary/aromatic N) is 1. The van der Waals surface area contributed by atoms with E-state index in [1.807, 2.05) is 20.8 Å². The standard InChI is InChI=1S/C7H11ClN2O3S/c1-7(2,3)5-4(8)6(13-10-5)14(9,11)12/h1-3H3,(H2,9,11,12). The second-order valence-corrected chi connectivity index (χ2v) is 5.77. The SMILES string of the molecule is CC(C)(C)c1noc(S(N)(=O)=O)c1Cl. The molecule has 0 bridgehead atoms. The Labute approximate surface area is 87.3 Å². The van der Waals surface area contributed by atoms with Gasteiger partial charge in [-0.2, -0.15) is 0 Å². The largest absolute Gasteiger partial charge is 0.341 e. The normalized spacial score (nSPS) is 13.2. The summed E-state index contributed by atoms with van der Waals surface area (Å²) in [5.41, 5.74) is -0.00744. The van der Waals surface area contributed by atoms with Crippen molar-refractivity contribution in [1.82, 2.24) is 5.16 Å². The minimum absolute atomic E-state index is 0.0417. The van der Waals surface area contributed by atoms with Crippen molar-refractivity contribution in [2.24, 2.45) is 5.14 Å². The van der Waals surface area contributed by atoms with Crippen LogP contribution in [0.4, 0.5) is 0 Å². The van der Waals surface area contributed by atoms with E-state index in [1.54, 1.807) is 0 Å². The number of nitrogens with two attached hydrogens (primary N) is 1. The van der Waals surface area contributed by atoms with Crippen molar-refractivity contribution in [3.05, 3.63) is 10.7 Å². The van der Waals surface area contributed by atoms with Crippen LogP contribution in [0.1, 0.15) is 26.5 Å². The van der Waals surface area contributed by atoms with Gasteiger partial charge in [-0.3, -0.25) is 0 Å². The predicted octanol–water partition coefficient (Wildman–Crippen LogP) is 1.27. The molecule has 0 aliphatic carbocycles. The van der Waals surface area contributed by atoms with E-state index in [2.05, 4.69) is 9.68 Å². The summed E-state index contributed by atoms with van der Waals surface area (Å²) >= 11 is 5.78. The second kappa shape index (κ2) is 3.22. The molecule has 80 valence electrons. The molecule has 1 aromatic rings. The Kier molecular flexibility index (Phi) is 2.64. The van der Waals surface area contributed by atoms with E-state index in [4.69, 9.17) is 16.7 Å². The first-order valence-electron chi connectivity index (χ1n) is 3.82. The maximum Gasteiger partial charge on any atom is 0.284 e. The van der Waals surface area contributed by atoms with Crippen molar-refractivity contribution >= 4 is 21.6 Å². The van der Waals surface area contributed by atoms with E-state index in [9.17, 15) is 8.42 Å². The molecule has 0 saturated carbocycles. The Hall–Kier alpha value is -0.590. The van der Waals surface area contributed by atoms with Crippen LogP contribution in [0.3, 0.4) is 0 Å². The highest BCUT2D eigenvalue weighted by molar-refractivity contribution is 7.89. The molecule has 5 nitrogen and oxygen atoms in total. The molecular weight excluding hydrogens is 228 g/mol. The van der Waals surface area contributed by atoms with E-state index < -0.39 is 15.1 Å². The zero-order valence-electron chi connectivity index (χ0n) is 8.04. The third kappa shape index (κ3) is 2.08. The minimum Gasteiger partial charge on any atom is -0.341 e. The van der Waals surface area contributed by atoms with Gasteiger partial charge in [-0.15, -0.1) is 0 Å². The lowest BCUT2D eigenvalue weighted by molar-refractivity contribution is 0.326. The number of primary sulfonamides is 1. The van der Waals surface area contributed by atoms with Gasteiger partial charge >= 0.3 is 0 Å². The summed E-state index contributed by atoms with van der Waals surface area (Å²) in [6.07, 6.45) is 0. The second-order valence-electron chi connectivity index (χ2n) is 3.93. The highest BCUT2D eigenvalue weighted by Gasteiger charge is 2.29. The summed E-state index contributed by atoms with van der Waals surface area (Å²) in [5, 5.41) is 7.93. The number of aromatic nitrogens is 1. The van der Waals surface area contributed by atoms with Crippen molar-refractivity contribution in [2.75, 3.05) is 0 Å².